The summed E-state index contributed by atoms with van der Waals surface area (Å²) in [4.78, 5) is 37.7. The second-order valence-corrected chi connectivity index (χ2v) is 15.8. The fraction of sp³-hybridized carbons (Fsp3) is 0.800. The maximum atomic E-state index is 12.7. The van der Waals surface area contributed by atoms with Crippen LogP contribution in [0.2, 0.25) is 0 Å². The predicted molar refractivity (Wildman–Crippen MR) is 222 cm³/mol. The van der Waals surface area contributed by atoms with Gasteiger partial charge in [-0.25, -0.2) is 0 Å². The first kappa shape index (κ1) is 48.8. The number of rotatable bonds is 38. The lowest BCUT2D eigenvalue weighted by atomic mass is 10.0. The van der Waals surface area contributed by atoms with Crippen LogP contribution < -0.4 is 4.74 Å². The van der Waals surface area contributed by atoms with E-state index in [2.05, 4.69) is 13.8 Å². The Balaban J connectivity index is 2.31. The first-order valence-electron chi connectivity index (χ1n) is 21.7. The number of hydrogen-bond acceptors (Lipinski definition) is 8. The largest absolute Gasteiger partial charge is 0.497 e. The number of ether oxygens (including phenoxy) is 4. The summed E-state index contributed by atoms with van der Waals surface area (Å²) < 4.78 is 21.9. The lowest BCUT2D eigenvalue weighted by molar-refractivity contribution is -0.157. The van der Waals surface area contributed by atoms with Crippen molar-refractivity contribution in [2.75, 3.05) is 25.2 Å². The minimum atomic E-state index is -0.598. The van der Waals surface area contributed by atoms with E-state index in [0.29, 0.717) is 18.6 Å². The molecule has 1 aromatic rings. The highest BCUT2D eigenvalue weighted by Gasteiger charge is 2.18. The highest BCUT2D eigenvalue weighted by Crippen LogP contribution is 2.17. The Morgan fingerprint density at radius 1 is 0.528 bits per heavy atom. The lowest BCUT2D eigenvalue weighted by Crippen LogP contribution is -2.28. The number of unbranched alkanes of at least 4 members (excludes halogenated alkanes) is 24. The third-order valence-corrected chi connectivity index (χ3v) is 10.8. The normalized spacial score (nSPS) is 11.7. The van der Waals surface area contributed by atoms with Gasteiger partial charge in [-0.2, -0.15) is 0 Å². The molecule has 0 aliphatic carbocycles. The molecular formula is C45H78O7S. The predicted octanol–water partition coefficient (Wildman–Crippen LogP) is 12.9. The molecule has 0 saturated heterocycles. The molecule has 53 heavy (non-hydrogen) atoms. The van der Waals surface area contributed by atoms with Crippen molar-refractivity contribution >= 4 is 29.7 Å². The van der Waals surface area contributed by atoms with E-state index in [1.54, 1.807) is 7.11 Å². The molecule has 0 bridgehead atoms. The van der Waals surface area contributed by atoms with Gasteiger partial charge in [0.05, 0.1) is 12.9 Å². The van der Waals surface area contributed by atoms with Crippen molar-refractivity contribution in [3.8, 4) is 5.75 Å². The van der Waals surface area contributed by atoms with E-state index in [9.17, 15) is 14.4 Å². The molecule has 8 heteroatoms. The van der Waals surface area contributed by atoms with Crippen LogP contribution in [0.5, 0.6) is 5.75 Å². The molecule has 0 fully saturated rings. The number of carbonyl (C=O) groups is 3. The van der Waals surface area contributed by atoms with Crippen molar-refractivity contribution in [3.63, 3.8) is 0 Å². The molecule has 0 N–H and O–H groups in total. The van der Waals surface area contributed by atoms with E-state index in [4.69, 9.17) is 18.9 Å². The molecule has 1 aromatic carbocycles. The zero-order valence-electron chi connectivity index (χ0n) is 34.3. The van der Waals surface area contributed by atoms with Crippen molar-refractivity contribution in [1.29, 1.82) is 0 Å². The second-order valence-electron chi connectivity index (χ2n) is 14.8. The zero-order valence-corrected chi connectivity index (χ0v) is 35.1. The Kier molecular flexibility index (Phi) is 33.8. The Morgan fingerprint density at radius 2 is 0.943 bits per heavy atom. The minimum Gasteiger partial charge on any atom is -0.497 e. The van der Waals surface area contributed by atoms with Crippen LogP contribution in [0.1, 0.15) is 199 Å². The van der Waals surface area contributed by atoms with Gasteiger partial charge < -0.3 is 18.9 Å². The van der Waals surface area contributed by atoms with E-state index >= 15 is 0 Å². The lowest BCUT2D eigenvalue weighted by Gasteiger charge is -2.18. The van der Waals surface area contributed by atoms with Crippen LogP contribution in [0.25, 0.3) is 0 Å². The van der Waals surface area contributed by atoms with Crippen LogP contribution in [0.4, 0.5) is 0 Å². The molecular weight excluding hydrogens is 685 g/mol. The average Bonchev–Trinajstić information content (AvgIpc) is 3.16. The van der Waals surface area contributed by atoms with E-state index in [-0.39, 0.29) is 36.9 Å². The van der Waals surface area contributed by atoms with Gasteiger partial charge in [-0.1, -0.05) is 180 Å². The number of hydrogen-bond donors (Lipinski definition) is 0. The van der Waals surface area contributed by atoms with Crippen molar-refractivity contribution in [2.24, 2.45) is 0 Å². The third kappa shape index (κ3) is 31.8. The van der Waals surface area contributed by atoms with E-state index in [1.165, 1.54) is 140 Å². The molecule has 0 radical (unpaired) electrons. The SMILES string of the molecule is CCCCCCCCCCCCCCCC(=O)OCC(CSCC(=O)OCc1ccc(OC)cc1)OC(=O)CCCCCCCCCCCCCCC. The topological polar surface area (TPSA) is 88.1 Å². The quantitative estimate of drug-likeness (QED) is 0.0374. The van der Waals surface area contributed by atoms with Gasteiger partial charge in [0, 0.05) is 18.6 Å². The maximum absolute atomic E-state index is 12.7. The molecule has 306 valence electrons. The summed E-state index contributed by atoms with van der Waals surface area (Å²) in [7, 11) is 1.61. The van der Waals surface area contributed by atoms with Gasteiger partial charge in [-0.15, -0.1) is 11.8 Å². The number of benzene rings is 1. The fourth-order valence-electron chi connectivity index (χ4n) is 6.39. The summed E-state index contributed by atoms with van der Waals surface area (Å²) in [6.07, 6.45) is 32.7. The Labute approximate surface area is 329 Å². The molecule has 1 unspecified atom stereocenters. The minimum absolute atomic E-state index is 0.00944. The van der Waals surface area contributed by atoms with Gasteiger partial charge >= 0.3 is 17.9 Å². The molecule has 0 aliphatic heterocycles. The van der Waals surface area contributed by atoms with Gasteiger partial charge in [-0.3, -0.25) is 14.4 Å². The average molecular weight is 763 g/mol. The van der Waals surface area contributed by atoms with Crippen LogP contribution >= 0.6 is 11.8 Å². The number of methoxy groups -OCH3 is 1. The summed E-state index contributed by atoms with van der Waals surface area (Å²) >= 11 is 1.33. The second kappa shape index (κ2) is 36.7. The summed E-state index contributed by atoms with van der Waals surface area (Å²) in [5.74, 6) is 0.352. The molecule has 0 saturated carbocycles. The first-order chi connectivity index (χ1) is 26.0. The van der Waals surface area contributed by atoms with Crippen molar-refractivity contribution in [3.05, 3.63) is 29.8 Å². The maximum Gasteiger partial charge on any atom is 0.316 e. The van der Waals surface area contributed by atoms with E-state index in [1.807, 2.05) is 24.3 Å². The summed E-state index contributed by atoms with van der Waals surface area (Å²) in [5, 5.41) is 0. The number of thioether (sulfide) groups is 1. The first-order valence-corrected chi connectivity index (χ1v) is 22.8. The molecule has 0 spiro atoms. The van der Waals surface area contributed by atoms with Crippen LogP contribution in [-0.2, 0) is 35.2 Å². The smallest absolute Gasteiger partial charge is 0.316 e. The van der Waals surface area contributed by atoms with Crippen molar-refractivity contribution in [1.82, 2.24) is 0 Å². The van der Waals surface area contributed by atoms with Crippen LogP contribution in [-0.4, -0.2) is 49.2 Å². The van der Waals surface area contributed by atoms with Gasteiger partial charge in [0.1, 0.15) is 25.1 Å². The summed E-state index contributed by atoms with van der Waals surface area (Å²) in [6.45, 7) is 4.71. The Hall–Kier alpha value is -2.22. The van der Waals surface area contributed by atoms with Gasteiger partial charge in [0.25, 0.3) is 0 Å². The van der Waals surface area contributed by atoms with Crippen molar-refractivity contribution in [2.45, 2.75) is 206 Å². The molecule has 0 amide bonds. The van der Waals surface area contributed by atoms with Crippen molar-refractivity contribution < 1.29 is 33.3 Å². The fourth-order valence-corrected chi connectivity index (χ4v) is 7.19. The highest BCUT2D eigenvalue weighted by molar-refractivity contribution is 7.99. The van der Waals surface area contributed by atoms with E-state index < -0.39 is 6.10 Å². The van der Waals surface area contributed by atoms with Gasteiger partial charge in [0.2, 0.25) is 0 Å². The Bertz CT molecular complexity index is 999. The molecule has 1 atom stereocenters. The molecule has 0 aliphatic rings. The van der Waals surface area contributed by atoms with Crippen LogP contribution in [0.3, 0.4) is 0 Å². The van der Waals surface area contributed by atoms with E-state index in [0.717, 1.165) is 49.8 Å². The summed E-state index contributed by atoms with van der Waals surface area (Å²) in [5.41, 5.74) is 0.875. The molecule has 0 heterocycles. The highest BCUT2D eigenvalue weighted by atomic mass is 32.2. The number of carbonyl (C=O) groups excluding carboxylic acids is 3. The summed E-state index contributed by atoms with van der Waals surface area (Å²) in [6, 6.07) is 7.38. The monoisotopic (exact) mass is 763 g/mol. The third-order valence-electron chi connectivity index (χ3n) is 9.78. The van der Waals surface area contributed by atoms with Crippen LogP contribution in [0.15, 0.2) is 24.3 Å². The molecule has 7 nitrogen and oxygen atoms in total. The van der Waals surface area contributed by atoms with Gasteiger partial charge in [0.15, 0.2) is 0 Å². The zero-order chi connectivity index (χ0) is 38.5. The standard InChI is InChI=1S/C45H78O7S/c1-4-6-8-10-12-14-16-18-20-22-24-26-28-30-43(46)51-37-42(38-53-39-45(48)50-36-40-32-34-41(49-3)35-33-40)52-44(47)31-29-27-25-23-21-19-17-15-13-11-9-7-5-2/h32-35,42H,4-31,36-39H2,1-3H3. The molecule has 1 rings (SSSR count). The molecule has 0 aromatic heterocycles. The number of esters is 3. The van der Waals surface area contributed by atoms with Crippen LogP contribution in [0, 0.1) is 0 Å². The Morgan fingerprint density at radius 3 is 1.38 bits per heavy atom. The van der Waals surface area contributed by atoms with Gasteiger partial charge in [-0.05, 0) is 30.5 Å².